The highest BCUT2D eigenvalue weighted by Gasteiger charge is 2.06. The molecule has 1 aromatic carbocycles. The Balaban J connectivity index is 2.28. The lowest BCUT2D eigenvalue weighted by Crippen LogP contribution is -2.15. The van der Waals surface area contributed by atoms with E-state index in [0.717, 1.165) is 49.0 Å². The highest BCUT2D eigenvalue weighted by molar-refractivity contribution is 9.10. The van der Waals surface area contributed by atoms with E-state index in [0.29, 0.717) is 5.56 Å². The quantitative estimate of drug-likeness (QED) is 0.683. The molecule has 0 fully saturated rings. The van der Waals surface area contributed by atoms with Crippen LogP contribution in [0, 0.1) is 0 Å². The highest BCUT2D eigenvalue weighted by Crippen LogP contribution is 2.18. The van der Waals surface area contributed by atoms with Crippen LogP contribution >= 0.6 is 15.9 Å². The first-order valence-electron chi connectivity index (χ1n) is 6.36. The van der Waals surface area contributed by atoms with Crippen LogP contribution in [0.2, 0.25) is 0 Å². The lowest BCUT2D eigenvalue weighted by atomic mass is 10.1. The van der Waals surface area contributed by atoms with Gasteiger partial charge in [-0.1, -0.05) is 22.0 Å². The van der Waals surface area contributed by atoms with Crippen molar-refractivity contribution < 1.29 is 14.6 Å². The van der Waals surface area contributed by atoms with Gasteiger partial charge in [-0.2, -0.15) is 0 Å². The Morgan fingerprint density at radius 2 is 2.16 bits per heavy atom. The fourth-order valence-corrected chi connectivity index (χ4v) is 2.24. The molecule has 0 aromatic heterocycles. The second kappa shape index (κ2) is 9.07. The van der Waals surface area contributed by atoms with Gasteiger partial charge in [0.25, 0.3) is 0 Å². The Morgan fingerprint density at radius 3 is 2.79 bits per heavy atom. The number of carboxylic acids is 1. The highest BCUT2D eigenvalue weighted by atomic mass is 79.9. The van der Waals surface area contributed by atoms with Gasteiger partial charge in [0.1, 0.15) is 0 Å². The van der Waals surface area contributed by atoms with Crippen molar-refractivity contribution in [2.24, 2.45) is 0 Å². The van der Waals surface area contributed by atoms with Crippen LogP contribution in [-0.2, 0) is 11.3 Å². The van der Waals surface area contributed by atoms with Gasteiger partial charge in [0.2, 0.25) is 0 Å². The number of benzene rings is 1. The van der Waals surface area contributed by atoms with Gasteiger partial charge >= 0.3 is 5.97 Å². The standard InChI is InChI=1S/C14H20BrNO3/c1-19-8-4-2-3-7-16-10-12-6-5-11(14(17)18)9-13(12)15/h5-6,9,16H,2-4,7-8,10H2,1H3,(H,17,18). The van der Waals surface area contributed by atoms with E-state index in [2.05, 4.69) is 21.2 Å². The number of rotatable bonds is 9. The van der Waals surface area contributed by atoms with Crippen LogP contribution in [-0.4, -0.2) is 31.3 Å². The maximum absolute atomic E-state index is 10.8. The van der Waals surface area contributed by atoms with Gasteiger partial charge < -0.3 is 15.2 Å². The Bertz CT molecular complexity index is 410. The summed E-state index contributed by atoms with van der Waals surface area (Å²) in [6.07, 6.45) is 3.36. The lowest BCUT2D eigenvalue weighted by molar-refractivity contribution is 0.0697. The van der Waals surface area contributed by atoms with E-state index in [1.54, 1.807) is 19.2 Å². The van der Waals surface area contributed by atoms with E-state index < -0.39 is 5.97 Å². The predicted octanol–water partition coefficient (Wildman–Crippen LogP) is 3.05. The first-order chi connectivity index (χ1) is 9.15. The molecule has 106 valence electrons. The molecule has 0 saturated carbocycles. The maximum Gasteiger partial charge on any atom is 0.335 e. The molecule has 0 aliphatic heterocycles. The Labute approximate surface area is 122 Å². The van der Waals surface area contributed by atoms with Crippen LogP contribution in [0.15, 0.2) is 22.7 Å². The number of aromatic carboxylic acids is 1. The molecule has 0 amide bonds. The molecule has 19 heavy (non-hydrogen) atoms. The molecule has 0 spiro atoms. The van der Waals surface area contributed by atoms with E-state index in [9.17, 15) is 4.79 Å². The van der Waals surface area contributed by atoms with E-state index in [1.165, 1.54) is 0 Å². The first kappa shape index (κ1) is 16.1. The van der Waals surface area contributed by atoms with E-state index in [-0.39, 0.29) is 0 Å². The zero-order chi connectivity index (χ0) is 14.1. The average Bonchev–Trinajstić information content (AvgIpc) is 2.39. The number of hydrogen-bond donors (Lipinski definition) is 2. The summed E-state index contributed by atoms with van der Waals surface area (Å²) < 4.78 is 5.82. The van der Waals surface area contributed by atoms with Crippen LogP contribution in [0.1, 0.15) is 35.2 Å². The molecule has 0 heterocycles. The SMILES string of the molecule is COCCCCCNCc1ccc(C(=O)O)cc1Br. The van der Waals surface area contributed by atoms with Gasteiger partial charge in [-0.25, -0.2) is 4.79 Å². The van der Waals surface area contributed by atoms with Crippen molar-refractivity contribution in [3.63, 3.8) is 0 Å². The number of ether oxygens (including phenoxy) is 1. The molecule has 0 aliphatic carbocycles. The third-order valence-electron chi connectivity index (χ3n) is 2.82. The molecule has 0 radical (unpaired) electrons. The lowest BCUT2D eigenvalue weighted by Gasteiger charge is -2.07. The molecule has 0 unspecified atom stereocenters. The van der Waals surface area contributed by atoms with Gasteiger partial charge in [-0.15, -0.1) is 0 Å². The summed E-state index contributed by atoms with van der Waals surface area (Å²) >= 11 is 3.40. The third-order valence-corrected chi connectivity index (χ3v) is 3.56. The first-order valence-corrected chi connectivity index (χ1v) is 7.16. The van der Waals surface area contributed by atoms with Crippen molar-refractivity contribution in [2.45, 2.75) is 25.8 Å². The Kier molecular flexibility index (Phi) is 7.70. The van der Waals surface area contributed by atoms with Crippen LogP contribution in [0.3, 0.4) is 0 Å². The summed E-state index contributed by atoms with van der Waals surface area (Å²) in [5.41, 5.74) is 1.37. The largest absolute Gasteiger partial charge is 0.478 e. The molecule has 5 heteroatoms. The van der Waals surface area contributed by atoms with Crippen LogP contribution in [0.4, 0.5) is 0 Å². The molecule has 0 atom stereocenters. The van der Waals surface area contributed by atoms with Crippen molar-refractivity contribution in [1.82, 2.24) is 5.32 Å². The van der Waals surface area contributed by atoms with Crippen molar-refractivity contribution in [3.8, 4) is 0 Å². The summed E-state index contributed by atoms with van der Waals surface area (Å²) in [4.78, 5) is 10.8. The van der Waals surface area contributed by atoms with Gasteiger partial charge in [0, 0.05) is 24.7 Å². The van der Waals surface area contributed by atoms with Crippen LogP contribution < -0.4 is 5.32 Å². The predicted molar refractivity (Wildman–Crippen MR) is 78.5 cm³/mol. The smallest absolute Gasteiger partial charge is 0.335 e. The summed E-state index contributed by atoms with van der Waals surface area (Å²) in [6.45, 7) is 2.52. The van der Waals surface area contributed by atoms with E-state index in [1.807, 2.05) is 6.07 Å². The Hall–Kier alpha value is -0.910. The maximum atomic E-state index is 10.8. The van der Waals surface area contributed by atoms with Gasteiger partial charge in [-0.3, -0.25) is 0 Å². The minimum atomic E-state index is -0.904. The van der Waals surface area contributed by atoms with Gasteiger partial charge in [0.05, 0.1) is 5.56 Å². The molecule has 4 nitrogen and oxygen atoms in total. The van der Waals surface area contributed by atoms with Crippen molar-refractivity contribution >= 4 is 21.9 Å². The zero-order valence-corrected chi connectivity index (χ0v) is 12.7. The van der Waals surface area contributed by atoms with Crippen LogP contribution in [0.5, 0.6) is 0 Å². The number of unbranched alkanes of at least 4 members (excludes halogenated alkanes) is 2. The number of hydrogen-bond acceptors (Lipinski definition) is 3. The zero-order valence-electron chi connectivity index (χ0n) is 11.1. The Morgan fingerprint density at radius 1 is 1.37 bits per heavy atom. The minimum absolute atomic E-state index is 0.301. The molecule has 2 N–H and O–H groups in total. The summed E-state index contributed by atoms with van der Waals surface area (Å²) in [6, 6.07) is 5.10. The fourth-order valence-electron chi connectivity index (χ4n) is 1.72. The van der Waals surface area contributed by atoms with Gasteiger partial charge in [-0.05, 0) is 43.5 Å². The number of halogens is 1. The summed E-state index contributed by atoms with van der Waals surface area (Å²) in [7, 11) is 1.72. The molecular formula is C14H20BrNO3. The van der Waals surface area contributed by atoms with Crippen molar-refractivity contribution in [2.75, 3.05) is 20.3 Å². The van der Waals surface area contributed by atoms with Crippen LogP contribution in [0.25, 0.3) is 0 Å². The summed E-state index contributed by atoms with van der Waals surface area (Å²) in [5.74, 6) is -0.904. The number of nitrogens with one attached hydrogen (secondary N) is 1. The average molecular weight is 330 g/mol. The number of methoxy groups -OCH3 is 1. The molecule has 0 bridgehead atoms. The minimum Gasteiger partial charge on any atom is -0.478 e. The molecule has 1 rings (SSSR count). The second-order valence-electron chi connectivity index (χ2n) is 4.34. The van der Waals surface area contributed by atoms with Crippen molar-refractivity contribution in [3.05, 3.63) is 33.8 Å². The monoisotopic (exact) mass is 329 g/mol. The topological polar surface area (TPSA) is 58.6 Å². The molecule has 0 saturated heterocycles. The normalized spacial score (nSPS) is 10.6. The van der Waals surface area contributed by atoms with Gasteiger partial charge in [0.15, 0.2) is 0 Å². The summed E-state index contributed by atoms with van der Waals surface area (Å²) in [5, 5.41) is 12.2. The second-order valence-corrected chi connectivity index (χ2v) is 5.20. The number of carbonyl (C=O) groups is 1. The van der Waals surface area contributed by atoms with E-state index >= 15 is 0 Å². The molecule has 0 aliphatic rings. The molecular weight excluding hydrogens is 310 g/mol. The van der Waals surface area contributed by atoms with E-state index in [4.69, 9.17) is 9.84 Å². The third kappa shape index (κ3) is 6.18. The fraction of sp³-hybridized carbons (Fsp3) is 0.500. The number of carboxylic acid groups (broad SMARTS) is 1. The molecule has 1 aromatic rings. The van der Waals surface area contributed by atoms with Crippen molar-refractivity contribution in [1.29, 1.82) is 0 Å².